The first kappa shape index (κ1) is 18.2. The Labute approximate surface area is 156 Å². The maximum atomic E-state index is 12.2. The van der Waals surface area contributed by atoms with E-state index in [-0.39, 0.29) is 11.9 Å². The summed E-state index contributed by atoms with van der Waals surface area (Å²) in [5.74, 6) is 0.697. The highest BCUT2D eigenvalue weighted by molar-refractivity contribution is 7.11. The van der Waals surface area contributed by atoms with Gasteiger partial charge in [0, 0.05) is 29.7 Å². The molecule has 1 aliphatic heterocycles. The molecule has 3 rings (SSSR count). The van der Waals surface area contributed by atoms with Crippen LogP contribution in [-0.4, -0.2) is 30.6 Å². The Hall–Kier alpha value is -2.61. The Kier molecular flexibility index (Phi) is 5.72. The van der Waals surface area contributed by atoms with Gasteiger partial charge in [-0.1, -0.05) is 0 Å². The van der Waals surface area contributed by atoms with E-state index in [1.165, 1.54) is 0 Å². The van der Waals surface area contributed by atoms with Gasteiger partial charge in [0.1, 0.15) is 5.75 Å². The van der Waals surface area contributed by atoms with Crippen molar-refractivity contribution >= 4 is 34.6 Å². The second-order valence-corrected chi connectivity index (χ2v) is 7.36. The third kappa shape index (κ3) is 4.32. The first-order valence-electron chi connectivity index (χ1n) is 8.51. The average Bonchev–Trinajstić information content (AvgIpc) is 3.06. The van der Waals surface area contributed by atoms with Crippen molar-refractivity contribution in [3.8, 4) is 5.75 Å². The molecule has 0 radical (unpaired) electrons. The number of benzene rings is 1. The van der Waals surface area contributed by atoms with Crippen LogP contribution < -0.4 is 20.3 Å². The molecule has 1 saturated heterocycles. The molecule has 1 aromatic carbocycles. The van der Waals surface area contributed by atoms with Crippen molar-refractivity contribution in [1.82, 2.24) is 10.3 Å². The number of thiazole rings is 1. The molecule has 0 saturated carbocycles. The molecule has 26 heavy (non-hydrogen) atoms. The zero-order valence-corrected chi connectivity index (χ0v) is 15.7. The number of aromatic nitrogens is 1. The topological polar surface area (TPSA) is 83.6 Å². The van der Waals surface area contributed by atoms with Gasteiger partial charge in [0.05, 0.1) is 24.3 Å². The molecule has 0 spiro atoms. The van der Waals surface area contributed by atoms with Gasteiger partial charge in [-0.15, -0.1) is 11.3 Å². The molecule has 1 fully saturated rings. The van der Waals surface area contributed by atoms with Crippen LogP contribution in [0.25, 0.3) is 0 Å². The Morgan fingerprint density at radius 1 is 1.38 bits per heavy atom. The van der Waals surface area contributed by atoms with Crippen LogP contribution in [0.15, 0.2) is 24.4 Å². The molecule has 3 amide bonds. The molecular weight excluding hydrogens is 352 g/mol. The zero-order chi connectivity index (χ0) is 18.5. The Balaban J connectivity index is 1.68. The maximum Gasteiger partial charge on any atom is 0.319 e. The van der Waals surface area contributed by atoms with E-state index in [4.69, 9.17) is 4.74 Å². The maximum absolute atomic E-state index is 12.2. The number of carbonyl (C=O) groups is 2. The van der Waals surface area contributed by atoms with E-state index in [0.717, 1.165) is 22.7 Å². The summed E-state index contributed by atoms with van der Waals surface area (Å²) in [5.41, 5.74) is 1.30. The standard InChI is InChI=1S/C18H22N4O3S/c1-12-19-10-14(26-12)11-20-18(24)21-13-6-7-16(25-2)15(9-13)22-8-4-3-5-17(22)23/h6-7,9-10H,3-5,8,11H2,1-2H3,(H2,20,21,24). The normalized spacial score (nSPS) is 14.2. The van der Waals surface area contributed by atoms with E-state index in [9.17, 15) is 9.59 Å². The predicted octanol–water partition coefficient (Wildman–Crippen LogP) is 3.30. The van der Waals surface area contributed by atoms with E-state index < -0.39 is 0 Å². The lowest BCUT2D eigenvalue weighted by molar-refractivity contribution is -0.119. The van der Waals surface area contributed by atoms with E-state index in [0.29, 0.717) is 36.6 Å². The van der Waals surface area contributed by atoms with Gasteiger partial charge in [0.2, 0.25) is 5.91 Å². The van der Waals surface area contributed by atoms with Crippen molar-refractivity contribution < 1.29 is 14.3 Å². The number of aryl methyl sites for hydroxylation is 1. The minimum Gasteiger partial charge on any atom is -0.495 e. The first-order chi connectivity index (χ1) is 12.6. The average molecular weight is 374 g/mol. The highest BCUT2D eigenvalue weighted by Gasteiger charge is 2.23. The number of carbonyl (C=O) groups excluding carboxylic acids is 2. The van der Waals surface area contributed by atoms with Crippen molar-refractivity contribution in [1.29, 1.82) is 0 Å². The van der Waals surface area contributed by atoms with Gasteiger partial charge >= 0.3 is 6.03 Å². The highest BCUT2D eigenvalue weighted by Crippen LogP contribution is 2.33. The van der Waals surface area contributed by atoms with Crippen LogP contribution in [0.4, 0.5) is 16.2 Å². The van der Waals surface area contributed by atoms with Crippen molar-refractivity contribution in [2.75, 3.05) is 23.9 Å². The minimum absolute atomic E-state index is 0.0803. The van der Waals surface area contributed by atoms with Gasteiger partial charge in [0.25, 0.3) is 0 Å². The van der Waals surface area contributed by atoms with E-state index in [2.05, 4.69) is 15.6 Å². The highest BCUT2D eigenvalue weighted by atomic mass is 32.1. The van der Waals surface area contributed by atoms with E-state index in [1.54, 1.807) is 47.7 Å². The number of ether oxygens (including phenoxy) is 1. The molecule has 138 valence electrons. The minimum atomic E-state index is -0.308. The number of amides is 3. The number of nitrogens with zero attached hydrogens (tertiary/aromatic N) is 2. The van der Waals surface area contributed by atoms with Crippen LogP contribution >= 0.6 is 11.3 Å². The fraction of sp³-hybridized carbons (Fsp3) is 0.389. The number of methoxy groups -OCH3 is 1. The number of hydrogen-bond acceptors (Lipinski definition) is 5. The van der Waals surface area contributed by atoms with Crippen LogP contribution in [0, 0.1) is 6.92 Å². The van der Waals surface area contributed by atoms with Crippen LogP contribution in [0.5, 0.6) is 5.75 Å². The molecule has 0 aliphatic carbocycles. The lowest BCUT2D eigenvalue weighted by Crippen LogP contribution is -2.35. The molecule has 0 bridgehead atoms. The number of hydrogen-bond donors (Lipinski definition) is 2. The SMILES string of the molecule is COc1ccc(NC(=O)NCc2cnc(C)s2)cc1N1CCCCC1=O. The van der Waals surface area contributed by atoms with Gasteiger partial charge in [-0.3, -0.25) is 4.79 Å². The number of anilines is 2. The third-order valence-corrected chi connectivity index (χ3v) is 5.06. The molecule has 0 atom stereocenters. The van der Waals surface area contributed by atoms with Crippen LogP contribution in [0.2, 0.25) is 0 Å². The fourth-order valence-electron chi connectivity index (χ4n) is 2.87. The zero-order valence-electron chi connectivity index (χ0n) is 14.9. The summed E-state index contributed by atoms with van der Waals surface area (Å²) in [6.07, 6.45) is 4.17. The van der Waals surface area contributed by atoms with Gasteiger partial charge in [-0.2, -0.15) is 0 Å². The second kappa shape index (κ2) is 8.18. The summed E-state index contributed by atoms with van der Waals surface area (Å²) >= 11 is 1.55. The number of piperidine rings is 1. The van der Waals surface area contributed by atoms with Gasteiger partial charge in [-0.25, -0.2) is 9.78 Å². The Morgan fingerprint density at radius 3 is 2.92 bits per heavy atom. The summed E-state index contributed by atoms with van der Waals surface area (Å²) in [4.78, 5) is 31.3. The largest absolute Gasteiger partial charge is 0.495 e. The molecule has 7 nitrogen and oxygen atoms in total. The monoisotopic (exact) mass is 374 g/mol. The van der Waals surface area contributed by atoms with Crippen molar-refractivity contribution in [2.45, 2.75) is 32.7 Å². The van der Waals surface area contributed by atoms with Crippen LogP contribution in [0.1, 0.15) is 29.1 Å². The van der Waals surface area contributed by atoms with E-state index in [1.807, 2.05) is 6.92 Å². The molecule has 1 aliphatic rings. The Bertz CT molecular complexity index is 805. The quantitative estimate of drug-likeness (QED) is 0.841. The lowest BCUT2D eigenvalue weighted by Gasteiger charge is -2.28. The van der Waals surface area contributed by atoms with Gasteiger partial charge in [0.15, 0.2) is 0 Å². The van der Waals surface area contributed by atoms with Gasteiger partial charge in [-0.05, 0) is 38.0 Å². The van der Waals surface area contributed by atoms with Crippen molar-refractivity contribution in [3.63, 3.8) is 0 Å². The summed E-state index contributed by atoms with van der Waals surface area (Å²) in [7, 11) is 1.57. The Morgan fingerprint density at radius 2 is 2.23 bits per heavy atom. The van der Waals surface area contributed by atoms with Crippen LogP contribution in [-0.2, 0) is 11.3 Å². The summed E-state index contributed by atoms with van der Waals surface area (Å²) < 4.78 is 5.39. The fourth-order valence-corrected chi connectivity index (χ4v) is 3.60. The molecule has 0 unspecified atom stereocenters. The number of rotatable bonds is 5. The summed E-state index contributed by atoms with van der Waals surface area (Å²) in [6, 6.07) is 4.99. The van der Waals surface area contributed by atoms with Gasteiger partial charge < -0.3 is 20.3 Å². The van der Waals surface area contributed by atoms with Crippen molar-refractivity contribution in [3.05, 3.63) is 34.3 Å². The number of urea groups is 1. The third-order valence-electron chi connectivity index (χ3n) is 4.14. The smallest absolute Gasteiger partial charge is 0.319 e. The molecular formula is C18H22N4O3S. The molecule has 2 heterocycles. The molecule has 1 aromatic heterocycles. The lowest BCUT2D eigenvalue weighted by atomic mass is 10.1. The van der Waals surface area contributed by atoms with Crippen LogP contribution in [0.3, 0.4) is 0 Å². The first-order valence-corrected chi connectivity index (χ1v) is 9.33. The van der Waals surface area contributed by atoms with Crippen molar-refractivity contribution in [2.24, 2.45) is 0 Å². The number of nitrogens with one attached hydrogen (secondary N) is 2. The summed E-state index contributed by atoms with van der Waals surface area (Å²) in [6.45, 7) is 3.01. The summed E-state index contributed by atoms with van der Waals surface area (Å²) in [5, 5.41) is 6.58. The molecule has 8 heteroatoms. The second-order valence-electron chi connectivity index (χ2n) is 6.04. The molecule has 2 N–H and O–H groups in total. The van der Waals surface area contributed by atoms with E-state index >= 15 is 0 Å². The predicted molar refractivity (Wildman–Crippen MR) is 102 cm³/mol. The molecule has 2 aromatic rings.